The summed E-state index contributed by atoms with van der Waals surface area (Å²) in [6.45, 7) is 4.51. The fourth-order valence-corrected chi connectivity index (χ4v) is 2.13. The third-order valence-corrected chi connectivity index (χ3v) is 3.15. The van der Waals surface area contributed by atoms with Crippen LogP contribution in [0.3, 0.4) is 0 Å². The van der Waals surface area contributed by atoms with Gasteiger partial charge in [0.25, 0.3) is 0 Å². The van der Waals surface area contributed by atoms with Gasteiger partial charge < -0.3 is 5.11 Å². The van der Waals surface area contributed by atoms with Crippen molar-refractivity contribution in [3.05, 3.63) is 35.4 Å². The van der Waals surface area contributed by atoms with Crippen LogP contribution in [-0.4, -0.2) is 29.1 Å². The van der Waals surface area contributed by atoms with Gasteiger partial charge in [0.2, 0.25) is 0 Å². The van der Waals surface area contributed by atoms with Crippen LogP contribution in [0.1, 0.15) is 17.5 Å². The lowest BCUT2D eigenvalue weighted by Crippen LogP contribution is -2.22. The molecule has 0 radical (unpaired) electrons. The topological polar surface area (TPSA) is 40.5 Å². The Labute approximate surface area is 95.7 Å². The van der Waals surface area contributed by atoms with Gasteiger partial charge in [0.05, 0.1) is 5.92 Å². The number of carboxylic acids is 1. The molecule has 0 unspecified atom stereocenters. The number of carbonyl (C=O) groups is 1. The van der Waals surface area contributed by atoms with E-state index >= 15 is 0 Å². The number of benzene rings is 1. The van der Waals surface area contributed by atoms with E-state index in [2.05, 4.69) is 36.1 Å². The highest BCUT2D eigenvalue weighted by Crippen LogP contribution is 2.18. The van der Waals surface area contributed by atoms with Crippen LogP contribution < -0.4 is 0 Å². The predicted octanol–water partition coefficient (Wildman–Crippen LogP) is 1.90. The molecule has 1 atom stereocenters. The van der Waals surface area contributed by atoms with Crippen molar-refractivity contribution >= 4 is 5.97 Å². The Morgan fingerprint density at radius 3 is 2.69 bits per heavy atom. The van der Waals surface area contributed by atoms with E-state index < -0.39 is 5.97 Å². The van der Waals surface area contributed by atoms with Crippen LogP contribution in [0.5, 0.6) is 0 Å². The Hall–Kier alpha value is -1.35. The maximum absolute atomic E-state index is 10.8. The van der Waals surface area contributed by atoms with E-state index in [9.17, 15) is 4.79 Å². The normalized spacial score (nSPS) is 21.2. The van der Waals surface area contributed by atoms with Crippen LogP contribution in [0.15, 0.2) is 24.3 Å². The number of rotatable bonds is 3. The molecule has 1 aromatic carbocycles. The Balaban J connectivity index is 1.92. The summed E-state index contributed by atoms with van der Waals surface area (Å²) in [5.74, 6) is -0.836. The minimum Gasteiger partial charge on any atom is -0.481 e. The standard InChI is InChI=1S/C13H17NO2/c1-10-2-4-11(5-3-10)8-14-7-6-12(9-14)13(15)16/h2-5,12H,6-9H2,1H3,(H,15,16)/t12-/m0/s1. The molecule has 0 aromatic heterocycles. The first-order valence-corrected chi connectivity index (χ1v) is 5.66. The van der Waals surface area contributed by atoms with Gasteiger partial charge in [0.15, 0.2) is 0 Å². The molecule has 1 aromatic rings. The highest BCUT2D eigenvalue weighted by Gasteiger charge is 2.27. The monoisotopic (exact) mass is 219 g/mol. The van der Waals surface area contributed by atoms with Crippen LogP contribution >= 0.6 is 0 Å². The zero-order valence-electron chi connectivity index (χ0n) is 9.52. The second-order valence-corrected chi connectivity index (χ2v) is 4.54. The van der Waals surface area contributed by atoms with E-state index in [1.54, 1.807) is 0 Å². The van der Waals surface area contributed by atoms with Gasteiger partial charge in [-0.1, -0.05) is 29.8 Å². The highest BCUT2D eigenvalue weighted by molar-refractivity contribution is 5.70. The Morgan fingerprint density at radius 1 is 1.44 bits per heavy atom. The van der Waals surface area contributed by atoms with Gasteiger partial charge in [0, 0.05) is 13.1 Å². The molecule has 3 heteroatoms. The number of carboxylic acid groups (broad SMARTS) is 1. The minimum atomic E-state index is -0.661. The summed E-state index contributed by atoms with van der Waals surface area (Å²) >= 11 is 0. The van der Waals surface area contributed by atoms with Crippen molar-refractivity contribution in [1.82, 2.24) is 4.90 Å². The van der Waals surface area contributed by atoms with Gasteiger partial charge in [-0.3, -0.25) is 9.69 Å². The first kappa shape index (κ1) is 11.1. The zero-order valence-corrected chi connectivity index (χ0v) is 9.52. The van der Waals surface area contributed by atoms with Crippen molar-refractivity contribution in [2.75, 3.05) is 13.1 Å². The van der Waals surface area contributed by atoms with Gasteiger partial charge in [-0.2, -0.15) is 0 Å². The maximum atomic E-state index is 10.8. The van der Waals surface area contributed by atoms with Crippen molar-refractivity contribution in [3.8, 4) is 0 Å². The van der Waals surface area contributed by atoms with Gasteiger partial charge in [0.1, 0.15) is 0 Å². The zero-order chi connectivity index (χ0) is 11.5. The predicted molar refractivity (Wildman–Crippen MR) is 62.2 cm³/mol. The molecule has 1 saturated heterocycles. The van der Waals surface area contributed by atoms with Crippen LogP contribution in [0.25, 0.3) is 0 Å². The van der Waals surface area contributed by atoms with Crippen molar-refractivity contribution in [3.63, 3.8) is 0 Å². The molecular formula is C13H17NO2. The third-order valence-electron chi connectivity index (χ3n) is 3.15. The van der Waals surface area contributed by atoms with Gasteiger partial charge in [-0.25, -0.2) is 0 Å². The summed E-state index contributed by atoms with van der Waals surface area (Å²) in [6, 6.07) is 8.42. The van der Waals surface area contributed by atoms with E-state index in [0.29, 0.717) is 6.54 Å². The number of aryl methyl sites for hydroxylation is 1. The number of hydrogen-bond donors (Lipinski definition) is 1. The van der Waals surface area contributed by atoms with Crippen molar-refractivity contribution < 1.29 is 9.90 Å². The lowest BCUT2D eigenvalue weighted by Gasteiger charge is -2.15. The third kappa shape index (κ3) is 2.61. The Morgan fingerprint density at radius 2 is 2.12 bits per heavy atom. The fraction of sp³-hybridized carbons (Fsp3) is 0.462. The average Bonchev–Trinajstić information content (AvgIpc) is 2.70. The Kier molecular flexibility index (Phi) is 3.25. The minimum absolute atomic E-state index is 0.176. The summed E-state index contributed by atoms with van der Waals surface area (Å²) in [4.78, 5) is 13.0. The molecule has 1 fully saturated rings. The lowest BCUT2D eigenvalue weighted by molar-refractivity contribution is -0.141. The SMILES string of the molecule is Cc1ccc(CN2CC[C@H](C(=O)O)C2)cc1. The van der Waals surface area contributed by atoms with Crippen LogP contribution in [0.4, 0.5) is 0 Å². The summed E-state index contributed by atoms with van der Waals surface area (Å²) in [7, 11) is 0. The number of nitrogens with zero attached hydrogens (tertiary/aromatic N) is 1. The molecule has 3 nitrogen and oxygen atoms in total. The molecular weight excluding hydrogens is 202 g/mol. The molecule has 0 aliphatic carbocycles. The molecule has 0 saturated carbocycles. The summed E-state index contributed by atoms with van der Waals surface area (Å²) in [5, 5.41) is 8.91. The van der Waals surface area contributed by atoms with E-state index in [4.69, 9.17) is 5.11 Å². The summed E-state index contributed by atoms with van der Waals surface area (Å²) < 4.78 is 0. The molecule has 1 heterocycles. The lowest BCUT2D eigenvalue weighted by atomic mass is 10.1. The van der Waals surface area contributed by atoms with E-state index in [-0.39, 0.29) is 5.92 Å². The molecule has 16 heavy (non-hydrogen) atoms. The van der Waals surface area contributed by atoms with Crippen LogP contribution in [-0.2, 0) is 11.3 Å². The van der Waals surface area contributed by atoms with E-state index in [1.807, 2.05) is 0 Å². The molecule has 1 N–H and O–H groups in total. The summed E-state index contributed by atoms with van der Waals surface area (Å²) in [6.07, 6.45) is 0.779. The number of aliphatic carboxylic acids is 1. The van der Waals surface area contributed by atoms with Gasteiger partial charge in [-0.15, -0.1) is 0 Å². The largest absolute Gasteiger partial charge is 0.481 e. The molecule has 1 aliphatic heterocycles. The molecule has 0 spiro atoms. The van der Waals surface area contributed by atoms with E-state index in [0.717, 1.165) is 19.5 Å². The van der Waals surface area contributed by atoms with Crippen molar-refractivity contribution in [2.45, 2.75) is 19.9 Å². The van der Waals surface area contributed by atoms with Crippen LogP contribution in [0.2, 0.25) is 0 Å². The van der Waals surface area contributed by atoms with Crippen LogP contribution in [0, 0.1) is 12.8 Å². The molecule has 0 amide bonds. The molecule has 1 aliphatic rings. The first-order chi connectivity index (χ1) is 7.65. The second kappa shape index (κ2) is 4.66. The summed E-state index contributed by atoms with van der Waals surface area (Å²) in [5.41, 5.74) is 2.52. The van der Waals surface area contributed by atoms with Gasteiger partial charge in [-0.05, 0) is 25.5 Å². The number of hydrogen-bond acceptors (Lipinski definition) is 2. The Bertz CT molecular complexity index is 372. The van der Waals surface area contributed by atoms with Crippen molar-refractivity contribution in [2.24, 2.45) is 5.92 Å². The quantitative estimate of drug-likeness (QED) is 0.844. The molecule has 2 rings (SSSR count). The first-order valence-electron chi connectivity index (χ1n) is 5.66. The molecule has 86 valence electrons. The second-order valence-electron chi connectivity index (χ2n) is 4.54. The van der Waals surface area contributed by atoms with E-state index in [1.165, 1.54) is 11.1 Å². The highest BCUT2D eigenvalue weighted by atomic mass is 16.4. The number of likely N-dealkylation sites (tertiary alicyclic amines) is 1. The molecule has 0 bridgehead atoms. The maximum Gasteiger partial charge on any atom is 0.307 e. The smallest absolute Gasteiger partial charge is 0.307 e. The average molecular weight is 219 g/mol. The van der Waals surface area contributed by atoms with Gasteiger partial charge >= 0.3 is 5.97 Å². The fourth-order valence-electron chi connectivity index (χ4n) is 2.13. The van der Waals surface area contributed by atoms with Crippen molar-refractivity contribution in [1.29, 1.82) is 0 Å².